The standard InChI is InChI=1S/C20H17Cl2NO4/c1-11-13-7-6-12(26-2)10-17(13)27-20(25)14(11)8-9-18(24)23-16-5-3-4-15(21)19(16)22/h3-7,10H,8-9H2,1-2H3,(H,23,24). The number of methoxy groups -OCH3 is 1. The van der Waals surface area contributed by atoms with Gasteiger partial charge in [-0.05, 0) is 43.2 Å². The summed E-state index contributed by atoms with van der Waals surface area (Å²) < 4.78 is 10.5. The highest BCUT2D eigenvalue weighted by molar-refractivity contribution is 6.43. The first-order chi connectivity index (χ1) is 12.9. The molecule has 0 aliphatic heterocycles. The third kappa shape index (κ3) is 4.10. The van der Waals surface area contributed by atoms with Crippen LogP contribution in [-0.2, 0) is 11.2 Å². The Kier molecular flexibility index (Phi) is 5.73. The van der Waals surface area contributed by atoms with Crippen molar-refractivity contribution in [3.63, 3.8) is 0 Å². The second kappa shape index (κ2) is 8.03. The molecule has 0 saturated heterocycles. The van der Waals surface area contributed by atoms with Crippen molar-refractivity contribution < 1.29 is 13.9 Å². The first-order valence-corrected chi connectivity index (χ1v) is 9.00. The van der Waals surface area contributed by atoms with Gasteiger partial charge in [-0.1, -0.05) is 29.3 Å². The van der Waals surface area contributed by atoms with Crippen molar-refractivity contribution in [3.05, 3.63) is 68.0 Å². The average molecular weight is 406 g/mol. The second-order valence-corrected chi connectivity index (χ2v) is 6.79. The van der Waals surface area contributed by atoms with Gasteiger partial charge in [0.15, 0.2) is 0 Å². The van der Waals surface area contributed by atoms with Gasteiger partial charge in [-0.15, -0.1) is 0 Å². The van der Waals surface area contributed by atoms with Crippen molar-refractivity contribution in [2.24, 2.45) is 0 Å². The van der Waals surface area contributed by atoms with Gasteiger partial charge in [0.1, 0.15) is 11.3 Å². The highest BCUT2D eigenvalue weighted by Gasteiger charge is 2.14. The van der Waals surface area contributed by atoms with E-state index in [0.29, 0.717) is 27.6 Å². The third-order valence-electron chi connectivity index (χ3n) is 4.32. The van der Waals surface area contributed by atoms with Crippen LogP contribution in [0.5, 0.6) is 5.75 Å². The monoisotopic (exact) mass is 405 g/mol. The number of halogens is 2. The molecule has 1 heterocycles. The number of ether oxygens (including phenoxy) is 1. The van der Waals surface area contributed by atoms with E-state index < -0.39 is 5.63 Å². The van der Waals surface area contributed by atoms with Crippen LogP contribution >= 0.6 is 23.2 Å². The van der Waals surface area contributed by atoms with E-state index in [9.17, 15) is 9.59 Å². The van der Waals surface area contributed by atoms with E-state index >= 15 is 0 Å². The summed E-state index contributed by atoms with van der Waals surface area (Å²) in [6, 6.07) is 10.3. The average Bonchev–Trinajstić information content (AvgIpc) is 2.64. The molecule has 2 aromatic carbocycles. The molecule has 0 saturated carbocycles. The van der Waals surface area contributed by atoms with Gasteiger partial charge in [0, 0.05) is 23.4 Å². The summed E-state index contributed by atoms with van der Waals surface area (Å²) in [6.45, 7) is 1.84. The van der Waals surface area contributed by atoms with Crippen LogP contribution in [0, 0.1) is 6.92 Å². The van der Waals surface area contributed by atoms with Crippen LogP contribution in [0.1, 0.15) is 17.5 Å². The molecule has 5 nitrogen and oxygen atoms in total. The maximum absolute atomic E-state index is 12.3. The molecule has 0 atom stereocenters. The van der Waals surface area contributed by atoms with Gasteiger partial charge in [-0.2, -0.15) is 0 Å². The quantitative estimate of drug-likeness (QED) is 0.607. The van der Waals surface area contributed by atoms with Crippen LogP contribution in [0.2, 0.25) is 10.0 Å². The summed E-state index contributed by atoms with van der Waals surface area (Å²) in [4.78, 5) is 24.6. The number of anilines is 1. The molecule has 3 aromatic rings. The van der Waals surface area contributed by atoms with E-state index in [0.717, 1.165) is 10.9 Å². The van der Waals surface area contributed by atoms with Crippen LogP contribution in [0.15, 0.2) is 45.6 Å². The Labute approximate surface area is 165 Å². The lowest BCUT2D eigenvalue weighted by molar-refractivity contribution is -0.116. The Morgan fingerprint density at radius 1 is 1.22 bits per heavy atom. The minimum Gasteiger partial charge on any atom is -0.497 e. The largest absolute Gasteiger partial charge is 0.497 e. The summed E-state index contributed by atoms with van der Waals surface area (Å²) >= 11 is 12.0. The van der Waals surface area contributed by atoms with E-state index in [4.69, 9.17) is 32.4 Å². The number of rotatable bonds is 5. The molecule has 1 aromatic heterocycles. The van der Waals surface area contributed by atoms with Crippen molar-refractivity contribution in [3.8, 4) is 5.75 Å². The summed E-state index contributed by atoms with van der Waals surface area (Å²) in [5, 5.41) is 4.15. The predicted molar refractivity (Wildman–Crippen MR) is 107 cm³/mol. The lowest BCUT2D eigenvalue weighted by Gasteiger charge is -2.10. The molecule has 1 amide bonds. The van der Waals surface area contributed by atoms with Crippen molar-refractivity contribution in [2.75, 3.05) is 12.4 Å². The number of hydrogen-bond acceptors (Lipinski definition) is 4. The Bertz CT molecular complexity index is 1080. The zero-order chi connectivity index (χ0) is 19.6. The highest BCUT2D eigenvalue weighted by Crippen LogP contribution is 2.30. The van der Waals surface area contributed by atoms with E-state index in [1.165, 1.54) is 0 Å². The fourth-order valence-corrected chi connectivity index (χ4v) is 3.19. The minimum atomic E-state index is -0.457. The van der Waals surface area contributed by atoms with Crippen molar-refractivity contribution in [1.82, 2.24) is 0 Å². The molecule has 140 valence electrons. The zero-order valence-corrected chi connectivity index (χ0v) is 16.3. The summed E-state index contributed by atoms with van der Waals surface area (Å²) in [6.07, 6.45) is 0.357. The van der Waals surface area contributed by atoms with E-state index in [2.05, 4.69) is 5.32 Å². The first-order valence-electron chi connectivity index (χ1n) is 8.25. The summed E-state index contributed by atoms with van der Waals surface area (Å²) in [7, 11) is 1.55. The highest BCUT2D eigenvalue weighted by atomic mass is 35.5. The number of hydrogen-bond donors (Lipinski definition) is 1. The van der Waals surface area contributed by atoms with Gasteiger partial charge in [-0.25, -0.2) is 4.79 Å². The molecule has 0 bridgehead atoms. The van der Waals surface area contributed by atoms with E-state index in [1.807, 2.05) is 13.0 Å². The molecular weight excluding hydrogens is 389 g/mol. The number of amides is 1. The molecule has 0 aliphatic rings. The molecule has 3 rings (SSSR count). The topological polar surface area (TPSA) is 68.5 Å². The summed E-state index contributed by atoms with van der Waals surface area (Å²) in [5.74, 6) is 0.336. The van der Waals surface area contributed by atoms with E-state index in [1.54, 1.807) is 37.4 Å². The minimum absolute atomic E-state index is 0.107. The Balaban J connectivity index is 1.79. The van der Waals surface area contributed by atoms with Crippen LogP contribution in [0.25, 0.3) is 11.0 Å². The molecule has 1 N–H and O–H groups in total. The normalized spacial score (nSPS) is 10.8. The first kappa shape index (κ1) is 19.3. The van der Waals surface area contributed by atoms with Crippen LogP contribution < -0.4 is 15.7 Å². The molecule has 27 heavy (non-hydrogen) atoms. The third-order valence-corrected chi connectivity index (χ3v) is 5.14. The lowest BCUT2D eigenvalue weighted by atomic mass is 10.0. The fraction of sp³-hybridized carbons (Fsp3) is 0.200. The zero-order valence-electron chi connectivity index (χ0n) is 14.8. The molecular formula is C20H17Cl2NO4. The van der Waals surface area contributed by atoms with Crippen molar-refractivity contribution in [1.29, 1.82) is 0 Å². The molecule has 0 fully saturated rings. The lowest BCUT2D eigenvalue weighted by Crippen LogP contribution is -2.16. The van der Waals surface area contributed by atoms with Crippen molar-refractivity contribution >= 4 is 45.8 Å². The molecule has 0 radical (unpaired) electrons. The van der Waals surface area contributed by atoms with Crippen LogP contribution in [0.3, 0.4) is 0 Å². The maximum Gasteiger partial charge on any atom is 0.339 e. The smallest absolute Gasteiger partial charge is 0.339 e. The van der Waals surface area contributed by atoms with Gasteiger partial charge in [0.05, 0.1) is 22.8 Å². The van der Waals surface area contributed by atoms with Gasteiger partial charge in [-0.3, -0.25) is 4.79 Å². The van der Waals surface area contributed by atoms with Gasteiger partial charge in [0.2, 0.25) is 5.91 Å². The summed E-state index contributed by atoms with van der Waals surface area (Å²) in [5.41, 5.74) is 1.69. The molecule has 0 unspecified atom stereocenters. The van der Waals surface area contributed by atoms with Crippen molar-refractivity contribution in [2.45, 2.75) is 19.8 Å². The van der Waals surface area contributed by atoms with Gasteiger partial charge in [0.25, 0.3) is 0 Å². The number of aryl methyl sites for hydroxylation is 1. The molecule has 0 spiro atoms. The predicted octanol–water partition coefficient (Wildman–Crippen LogP) is 4.99. The Hall–Kier alpha value is -2.50. The Morgan fingerprint density at radius 2 is 2.00 bits per heavy atom. The SMILES string of the molecule is COc1ccc2c(C)c(CCC(=O)Nc3cccc(Cl)c3Cl)c(=O)oc2c1. The van der Waals surface area contributed by atoms with Crippen LogP contribution in [0.4, 0.5) is 5.69 Å². The molecule has 0 aliphatic carbocycles. The number of benzene rings is 2. The van der Waals surface area contributed by atoms with Crippen LogP contribution in [-0.4, -0.2) is 13.0 Å². The number of fused-ring (bicyclic) bond motifs is 1. The van der Waals surface area contributed by atoms with Gasteiger partial charge >= 0.3 is 5.63 Å². The Morgan fingerprint density at radius 3 is 2.74 bits per heavy atom. The number of carbonyl (C=O) groups excluding carboxylic acids is 1. The second-order valence-electron chi connectivity index (χ2n) is 6.00. The number of carbonyl (C=O) groups is 1. The number of nitrogens with one attached hydrogen (secondary N) is 1. The maximum atomic E-state index is 12.3. The van der Waals surface area contributed by atoms with Gasteiger partial charge < -0.3 is 14.5 Å². The fourth-order valence-electron chi connectivity index (χ4n) is 2.84. The molecule has 7 heteroatoms. The van der Waals surface area contributed by atoms with E-state index in [-0.39, 0.29) is 23.8 Å².